The van der Waals surface area contributed by atoms with Crippen molar-refractivity contribution >= 4 is 46.7 Å². The minimum absolute atomic E-state index is 0.0551. The van der Waals surface area contributed by atoms with Crippen molar-refractivity contribution < 1.29 is 19.2 Å². The molecule has 0 unspecified atom stereocenters. The van der Waals surface area contributed by atoms with Crippen LogP contribution in [0, 0.1) is 10.1 Å². The Morgan fingerprint density at radius 3 is 2.72 bits per heavy atom. The van der Waals surface area contributed by atoms with Crippen molar-refractivity contribution in [2.45, 2.75) is 13.3 Å². The molecule has 0 spiro atoms. The highest BCUT2D eigenvalue weighted by Crippen LogP contribution is 2.31. The Balaban J connectivity index is 2.24. The average Bonchev–Trinajstić information content (AvgIpc) is 2.54. The normalized spacial score (nSPS) is 16.4. The highest BCUT2D eigenvalue weighted by Gasteiger charge is 2.34. The third-order valence-electron chi connectivity index (χ3n) is 3.29. The Labute approximate surface area is 158 Å². The van der Waals surface area contributed by atoms with E-state index in [0.29, 0.717) is 23.7 Å². The molecule has 1 aliphatic heterocycles. The summed E-state index contributed by atoms with van der Waals surface area (Å²) < 4.78 is 5.28. The molecule has 0 radical (unpaired) electrons. The zero-order valence-electron chi connectivity index (χ0n) is 13.2. The lowest BCUT2D eigenvalue weighted by atomic mass is 10.3. The van der Waals surface area contributed by atoms with Gasteiger partial charge in [-0.3, -0.25) is 19.7 Å². The second kappa shape index (κ2) is 8.55. The first kappa shape index (κ1) is 19.6. The van der Waals surface area contributed by atoms with Crippen LogP contribution in [0.15, 0.2) is 28.9 Å². The van der Waals surface area contributed by atoms with Crippen LogP contribution in [0.3, 0.4) is 0 Å². The van der Waals surface area contributed by atoms with Crippen LogP contribution < -0.4 is 4.74 Å². The van der Waals surface area contributed by atoms with E-state index in [-0.39, 0.29) is 21.7 Å². The van der Waals surface area contributed by atoms with Gasteiger partial charge in [-0.2, -0.15) is 0 Å². The zero-order valence-corrected chi connectivity index (χ0v) is 15.5. The summed E-state index contributed by atoms with van der Waals surface area (Å²) in [4.78, 5) is 35.9. The van der Waals surface area contributed by atoms with Gasteiger partial charge in [-0.05, 0) is 24.6 Å². The molecule has 1 aliphatic rings. The third-order valence-corrected chi connectivity index (χ3v) is 5.00. The van der Waals surface area contributed by atoms with Gasteiger partial charge >= 0.3 is 5.70 Å². The van der Waals surface area contributed by atoms with E-state index in [2.05, 4.69) is 0 Å². The molecule has 1 aromatic carbocycles. The van der Waals surface area contributed by atoms with Crippen LogP contribution in [0.25, 0.3) is 0 Å². The Bertz CT molecular complexity index is 753. The van der Waals surface area contributed by atoms with Crippen molar-refractivity contribution in [3.63, 3.8) is 0 Å². The van der Waals surface area contributed by atoms with Crippen LogP contribution in [0.2, 0.25) is 10.0 Å². The number of carbonyl (C=O) groups is 2. The first-order chi connectivity index (χ1) is 11.8. The topological polar surface area (TPSA) is 89.8 Å². The predicted octanol–water partition coefficient (Wildman–Crippen LogP) is 3.37. The summed E-state index contributed by atoms with van der Waals surface area (Å²) in [5.74, 6) is -0.414. The van der Waals surface area contributed by atoms with E-state index in [1.165, 1.54) is 30.0 Å². The lowest BCUT2D eigenvalue weighted by Crippen LogP contribution is -2.35. The van der Waals surface area contributed by atoms with Gasteiger partial charge in [0.2, 0.25) is 5.91 Å². The number of hydrogen-bond acceptors (Lipinski definition) is 6. The van der Waals surface area contributed by atoms with Gasteiger partial charge in [0.15, 0.2) is 11.6 Å². The van der Waals surface area contributed by atoms with Gasteiger partial charge < -0.3 is 9.64 Å². The fourth-order valence-corrected chi connectivity index (χ4v) is 3.80. The second-order valence-electron chi connectivity index (χ2n) is 5.07. The van der Waals surface area contributed by atoms with Crippen molar-refractivity contribution in [1.82, 2.24) is 4.90 Å². The van der Waals surface area contributed by atoms with E-state index in [9.17, 15) is 19.7 Å². The first-order valence-electron chi connectivity index (χ1n) is 7.22. The van der Waals surface area contributed by atoms with Gasteiger partial charge in [-0.15, -0.1) is 11.8 Å². The number of rotatable bonds is 5. The summed E-state index contributed by atoms with van der Waals surface area (Å²) in [7, 11) is 0. The van der Waals surface area contributed by atoms with Crippen molar-refractivity contribution in [2.75, 3.05) is 18.9 Å². The molecule has 25 heavy (non-hydrogen) atoms. The maximum absolute atomic E-state index is 12.4. The summed E-state index contributed by atoms with van der Waals surface area (Å²) in [5, 5.41) is 12.0. The van der Waals surface area contributed by atoms with Gasteiger partial charge in [0.1, 0.15) is 5.75 Å². The Morgan fingerprint density at radius 2 is 2.12 bits per heavy atom. The minimum atomic E-state index is -0.841. The number of ketones is 1. The number of thioether (sulfide) groups is 1. The third kappa shape index (κ3) is 4.87. The lowest BCUT2D eigenvalue weighted by molar-refractivity contribution is -0.420. The monoisotopic (exact) mass is 404 g/mol. The summed E-state index contributed by atoms with van der Waals surface area (Å²) in [6.45, 7) is 1.07. The van der Waals surface area contributed by atoms with E-state index in [1.807, 2.05) is 0 Å². The molecule has 134 valence electrons. The smallest absolute Gasteiger partial charge is 0.345 e. The number of nitro groups is 1. The average molecular weight is 405 g/mol. The largest absolute Gasteiger partial charge is 0.484 e. The molecule has 1 saturated heterocycles. The molecule has 0 N–H and O–H groups in total. The molecule has 1 heterocycles. The molecule has 1 fully saturated rings. The fraction of sp³-hybridized carbons (Fsp3) is 0.333. The van der Waals surface area contributed by atoms with E-state index in [4.69, 9.17) is 27.9 Å². The number of halogens is 2. The first-order valence-corrected chi connectivity index (χ1v) is 8.96. The molecule has 0 saturated carbocycles. The summed E-state index contributed by atoms with van der Waals surface area (Å²) in [5.41, 5.74) is -0.648. The molecule has 0 aromatic heterocycles. The maximum Gasteiger partial charge on any atom is 0.345 e. The maximum atomic E-state index is 12.4. The molecule has 0 bridgehead atoms. The van der Waals surface area contributed by atoms with Crippen molar-refractivity contribution in [3.8, 4) is 5.75 Å². The Morgan fingerprint density at radius 1 is 1.40 bits per heavy atom. The summed E-state index contributed by atoms with van der Waals surface area (Å²) in [6, 6.07) is 4.42. The molecule has 10 heteroatoms. The Hall–Kier alpha value is -1.77. The number of benzene rings is 1. The van der Waals surface area contributed by atoms with E-state index in [1.54, 1.807) is 0 Å². The molecule has 1 aromatic rings. The standard InChI is InChI=1S/C15H14Cl2N2O5S/c1-9(20)18-5-2-6-25-15(18)14(19(22)23)12(21)8-24-13-4-3-10(16)7-11(13)17/h3-4,7H,2,5-6,8H2,1H3/b15-14+. The lowest BCUT2D eigenvalue weighted by Gasteiger charge is -2.27. The van der Waals surface area contributed by atoms with Crippen LogP contribution in [0.5, 0.6) is 5.75 Å². The fourth-order valence-electron chi connectivity index (χ4n) is 2.17. The van der Waals surface area contributed by atoms with Gasteiger partial charge in [-0.1, -0.05) is 23.2 Å². The molecule has 2 rings (SSSR count). The number of ether oxygens (including phenoxy) is 1. The second-order valence-corrected chi connectivity index (χ2v) is 7.00. The Kier molecular flexibility index (Phi) is 6.69. The summed E-state index contributed by atoms with van der Waals surface area (Å²) in [6.07, 6.45) is 0.698. The number of Topliss-reactive ketones (excluding diaryl/α,β-unsaturated/α-hetero) is 1. The highest BCUT2D eigenvalue weighted by atomic mass is 35.5. The molecule has 7 nitrogen and oxygen atoms in total. The van der Waals surface area contributed by atoms with E-state index >= 15 is 0 Å². The van der Waals surface area contributed by atoms with Gasteiger partial charge in [0, 0.05) is 24.2 Å². The molecular weight excluding hydrogens is 391 g/mol. The molecule has 1 amide bonds. The number of amides is 1. The van der Waals surface area contributed by atoms with Crippen LogP contribution in [0.4, 0.5) is 0 Å². The van der Waals surface area contributed by atoms with E-state index < -0.39 is 23.0 Å². The number of carbonyl (C=O) groups excluding carboxylic acids is 2. The van der Waals surface area contributed by atoms with Crippen molar-refractivity contribution in [3.05, 3.63) is 49.1 Å². The minimum Gasteiger partial charge on any atom is -0.484 e. The quantitative estimate of drug-likeness (QED) is 0.424. The SMILES string of the molecule is CC(=O)N1CCCS/C1=C(\C(=O)COc1ccc(Cl)cc1Cl)[N+](=O)[O-]. The number of hydrogen-bond donors (Lipinski definition) is 0. The zero-order chi connectivity index (χ0) is 18.6. The van der Waals surface area contributed by atoms with Gasteiger partial charge in [0.05, 0.1) is 9.95 Å². The van der Waals surface area contributed by atoms with Crippen molar-refractivity contribution in [1.29, 1.82) is 0 Å². The predicted molar refractivity (Wildman–Crippen MR) is 95.4 cm³/mol. The number of nitrogens with zero attached hydrogens (tertiary/aromatic N) is 2. The van der Waals surface area contributed by atoms with Crippen LogP contribution in [-0.2, 0) is 9.59 Å². The summed E-state index contributed by atoms with van der Waals surface area (Å²) >= 11 is 12.8. The van der Waals surface area contributed by atoms with Crippen LogP contribution in [0.1, 0.15) is 13.3 Å². The molecular formula is C15H14Cl2N2O5S. The van der Waals surface area contributed by atoms with Crippen LogP contribution in [-0.4, -0.2) is 40.4 Å². The molecule has 0 aliphatic carbocycles. The molecule has 0 atom stereocenters. The highest BCUT2D eigenvalue weighted by molar-refractivity contribution is 8.03. The van der Waals surface area contributed by atoms with E-state index in [0.717, 1.165) is 11.8 Å². The van der Waals surface area contributed by atoms with Crippen molar-refractivity contribution in [2.24, 2.45) is 0 Å². The van der Waals surface area contributed by atoms with Gasteiger partial charge in [-0.25, -0.2) is 0 Å². The van der Waals surface area contributed by atoms with Gasteiger partial charge in [0.25, 0.3) is 5.78 Å². The van der Waals surface area contributed by atoms with Crippen LogP contribution >= 0.6 is 35.0 Å².